The Morgan fingerprint density at radius 3 is 2.82 bits per heavy atom. The Morgan fingerprint density at radius 1 is 1.27 bits per heavy atom. The standard InChI is InChI=1S/C16H16FN3O2/c17-13-5-1-3-11(9-13)14-6-7-15(19-18-14)20-8-2-4-12(10-20)16(21)22/h1,3,5-7,9,12H,2,4,8,10H2,(H,21,22). The van der Waals surface area contributed by atoms with Crippen molar-refractivity contribution in [2.75, 3.05) is 18.0 Å². The molecule has 0 amide bonds. The molecule has 5 nitrogen and oxygen atoms in total. The van der Waals surface area contributed by atoms with Crippen molar-refractivity contribution in [3.63, 3.8) is 0 Å². The molecule has 2 heterocycles. The predicted octanol–water partition coefficient (Wildman–Crippen LogP) is 2.58. The highest BCUT2D eigenvalue weighted by atomic mass is 19.1. The number of anilines is 1. The van der Waals surface area contributed by atoms with Gasteiger partial charge in [-0.3, -0.25) is 4.79 Å². The van der Waals surface area contributed by atoms with Crippen LogP contribution in [0.3, 0.4) is 0 Å². The molecule has 0 saturated carbocycles. The lowest BCUT2D eigenvalue weighted by molar-refractivity contribution is -0.141. The van der Waals surface area contributed by atoms with Crippen LogP contribution in [0.5, 0.6) is 0 Å². The van der Waals surface area contributed by atoms with Gasteiger partial charge in [0.25, 0.3) is 0 Å². The van der Waals surface area contributed by atoms with E-state index in [1.165, 1.54) is 12.1 Å². The van der Waals surface area contributed by atoms with Gasteiger partial charge < -0.3 is 10.0 Å². The van der Waals surface area contributed by atoms with Crippen molar-refractivity contribution in [3.8, 4) is 11.3 Å². The molecule has 22 heavy (non-hydrogen) atoms. The van der Waals surface area contributed by atoms with Gasteiger partial charge in [-0.15, -0.1) is 10.2 Å². The molecule has 114 valence electrons. The summed E-state index contributed by atoms with van der Waals surface area (Å²) in [6.45, 7) is 1.22. The molecule has 6 heteroatoms. The second kappa shape index (κ2) is 6.09. The lowest BCUT2D eigenvalue weighted by Crippen LogP contribution is -2.39. The van der Waals surface area contributed by atoms with Crippen molar-refractivity contribution < 1.29 is 14.3 Å². The number of aliphatic carboxylic acids is 1. The maximum atomic E-state index is 13.2. The summed E-state index contributed by atoms with van der Waals surface area (Å²) >= 11 is 0. The average Bonchev–Trinajstić information content (AvgIpc) is 2.55. The fourth-order valence-electron chi connectivity index (χ4n) is 2.68. The zero-order valence-corrected chi connectivity index (χ0v) is 11.9. The third kappa shape index (κ3) is 3.05. The number of piperidine rings is 1. The zero-order chi connectivity index (χ0) is 15.5. The highest BCUT2D eigenvalue weighted by molar-refractivity contribution is 5.71. The number of carboxylic acids is 1. The van der Waals surface area contributed by atoms with Crippen LogP contribution in [-0.2, 0) is 4.79 Å². The predicted molar refractivity (Wildman–Crippen MR) is 80.0 cm³/mol. The minimum absolute atomic E-state index is 0.316. The Bertz CT molecular complexity index is 675. The largest absolute Gasteiger partial charge is 0.481 e. The smallest absolute Gasteiger partial charge is 0.308 e. The van der Waals surface area contributed by atoms with Gasteiger partial charge in [-0.25, -0.2) is 4.39 Å². The van der Waals surface area contributed by atoms with Crippen LogP contribution in [0.25, 0.3) is 11.3 Å². The molecule has 2 aromatic rings. The molecular formula is C16H16FN3O2. The number of carboxylic acid groups (broad SMARTS) is 1. The fraction of sp³-hybridized carbons (Fsp3) is 0.312. The molecule has 1 N–H and O–H groups in total. The van der Waals surface area contributed by atoms with Crippen LogP contribution in [0.4, 0.5) is 10.2 Å². The second-order valence-corrected chi connectivity index (χ2v) is 5.41. The Hall–Kier alpha value is -2.50. The molecule has 0 aliphatic carbocycles. The van der Waals surface area contributed by atoms with Crippen LogP contribution in [0.2, 0.25) is 0 Å². The monoisotopic (exact) mass is 301 g/mol. The summed E-state index contributed by atoms with van der Waals surface area (Å²) in [5.74, 6) is -0.790. The van der Waals surface area contributed by atoms with Crippen LogP contribution < -0.4 is 4.90 Å². The lowest BCUT2D eigenvalue weighted by atomic mass is 9.98. The SMILES string of the molecule is O=C(O)C1CCCN(c2ccc(-c3cccc(F)c3)nn2)C1. The fourth-order valence-corrected chi connectivity index (χ4v) is 2.68. The summed E-state index contributed by atoms with van der Waals surface area (Å²) in [7, 11) is 0. The topological polar surface area (TPSA) is 66.3 Å². The summed E-state index contributed by atoms with van der Waals surface area (Å²) < 4.78 is 13.2. The van der Waals surface area contributed by atoms with E-state index >= 15 is 0 Å². The first-order chi connectivity index (χ1) is 10.6. The maximum absolute atomic E-state index is 13.2. The van der Waals surface area contributed by atoms with E-state index in [1.807, 2.05) is 4.90 Å². The first-order valence-corrected chi connectivity index (χ1v) is 7.21. The van der Waals surface area contributed by atoms with Gasteiger partial charge in [0.15, 0.2) is 5.82 Å². The molecule has 1 aliphatic rings. The normalized spacial score (nSPS) is 18.2. The van der Waals surface area contributed by atoms with E-state index in [9.17, 15) is 9.18 Å². The van der Waals surface area contributed by atoms with Crippen LogP contribution >= 0.6 is 0 Å². The van der Waals surface area contributed by atoms with Crippen molar-refractivity contribution in [1.29, 1.82) is 0 Å². The van der Waals surface area contributed by atoms with Crippen molar-refractivity contribution >= 4 is 11.8 Å². The molecule has 1 saturated heterocycles. The number of hydrogen-bond donors (Lipinski definition) is 1. The quantitative estimate of drug-likeness (QED) is 0.944. The molecule has 1 atom stereocenters. The van der Waals surface area contributed by atoms with Crippen LogP contribution in [0.1, 0.15) is 12.8 Å². The number of halogens is 1. The molecule has 1 aliphatic heterocycles. The van der Waals surface area contributed by atoms with E-state index in [-0.39, 0.29) is 11.7 Å². The van der Waals surface area contributed by atoms with Crippen molar-refractivity contribution in [2.45, 2.75) is 12.8 Å². The molecule has 3 rings (SSSR count). The van der Waals surface area contributed by atoms with Crippen molar-refractivity contribution in [1.82, 2.24) is 10.2 Å². The highest BCUT2D eigenvalue weighted by Crippen LogP contribution is 2.23. The van der Waals surface area contributed by atoms with Crippen LogP contribution in [0.15, 0.2) is 36.4 Å². The summed E-state index contributed by atoms with van der Waals surface area (Å²) in [5, 5.41) is 17.4. The first kappa shape index (κ1) is 14.4. The van der Waals surface area contributed by atoms with Crippen LogP contribution in [-0.4, -0.2) is 34.4 Å². The number of rotatable bonds is 3. The Balaban J connectivity index is 1.78. The average molecular weight is 301 g/mol. The Labute approximate surface area is 127 Å². The van der Waals surface area contributed by atoms with E-state index in [1.54, 1.807) is 24.3 Å². The van der Waals surface area contributed by atoms with Gasteiger partial charge in [-0.05, 0) is 37.1 Å². The minimum Gasteiger partial charge on any atom is -0.481 e. The van der Waals surface area contributed by atoms with E-state index in [2.05, 4.69) is 10.2 Å². The lowest BCUT2D eigenvalue weighted by Gasteiger charge is -2.31. The molecule has 1 aromatic heterocycles. The summed E-state index contributed by atoms with van der Waals surface area (Å²) in [6.07, 6.45) is 1.52. The maximum Gasteiger partial charge on any atom is 0.308 e. The number of benzene rings is 1. The van der Waals surface area contributed by atoms with Gasteiger partial charge in [-0.2, -0.15) is 0 Å². The molecule has 1 fully saturated rings. The number of aromatic nitrogens is 2. The number of nitrogens with zero attached hydrogens (tertiary/aromatic N) is 3. The van der Waals surface area contributed by atoms with E-state index in [0.717, 1.165) is 13.0 Å². The number of carbonyl (C=O) groups is 1. The van der Waals surface area contributed by atoms with Crippen molar-refractivity contribution in [3.05, 3.63) is 42.2 Å². The van der Waals surface area contributed by atoms with E-state index < -0.39 is 5.97 Å². The Morgan fingerprint density at radius 2 is 2.14 bits per heavy atom. The van der Waals surface area contributed by atoms with Gasteiger partial charge in [0.1, 0.15) is 5.82 Å². The first-order valence-electron chi connectivity index (χ1n) is 7.21. The van der Waals surface area contributed by atoms with E-state index in [0.29, 0.717) is 30.0 Å². The number of hydrogen-bond acceptors (Lipinski definition) is 4. The van der Waals surface area contributed by atoms with E-state index in [4.69, 9.17) is 5.11 Å². The molecule has 1 aromatic carbocycles. The van der Waals surface area contributed by atoms with Gasteiger partial charge in [-0.1, -0.05) is 12.1 Å². The summed E-state index contributed by atoms with van der Waals surface area (Å²) in [5.41, 5.74) is 1.26. The Kier molecular flexibility index (Phi) is 4.00. The summed E-state index contributed by atoms with van der Waals surface area (Å²) in [6, 6.07) is 9.77. The molecule has 0 radical (unpaired) electrons. The van der Waals surface area contributed by atoms with Gasteiger partial charge >= 0.3 is 5.97 Å². The van der Waals surface area contributed by atoms with Gasteiger partial charge in [0.05, 0.1) is 11.6 Å². The third-order valence-corrected chi connectivity index (χ3v) is 3.87. The van der Waals surface area contributed by atoms with Gasteiger partial charge in [0.2, 0.25) is 0 Å². The zero-order valence-electron chi connectivity index (χ0n) is 11.9. The molecular weight excluding hydrogens is 285 g/mol. The summed E-state index contributed by atoms with van der Waals surface area (Å²) in [4.78, 5) is 13.0. The molecule has 0 spiro atoms. The van der Waals surface area contributed by atoms with Crippen molar-refractivity contribution in [2.24, 2.45) is 5.92 Å². The molecule has 1 unspecified atom stereocenters. The van der Waals surface area contributed by atoms with Crippen LogP contribution in [0, 0.1) is 11.7 Å². The minimum atomic E-state index is -0.769. The third-order valence-electron chi connectivity index (χ3n) is 3.87. The second-order valence-electron chi connectivity index (χ2n) is 5.41. The highest BCUT2D eigenvalue weighted by Gasteiger charge is 2.26. The van der Waals surface area contributed by atoms with Gasteiger partial charge in [0, 0.05) is 18.7 Å². The molecule has 0 bridgehead atoms.